The molecule has 0 saturated carbocycles. The maximum atomic E-state index is 12.3. The largest absolute Gasteiger partial charge is 0.407 e. The number of hydrogen-bond acceptors (Lipinski definition) is 3. The van der Waals surface area contributed by atoms with Crippen molar-refractivity contribution < 1.29 is 18.1 Å². The lowest BCUT2D eigenvalue weighted by Gasteiger charge is -2.15. The maximum Gasteiger partial charge on any atom is 0.407 e. The van der Waals surface area contributed by atoms with Gasteiger partial charge in [-0.25, -0.2) is 0 Å². The summed E-state index contributed by atoms with van der Waals surface area (Å²) in [6.07, 6.45) is -4.61. The predicted molar refractivity (Wildman–Crippen MR) is 50.8 cm³/mol. The van der Waals surface area contributed by atoms with Crippen molar-refractivity contribution in [3.05, 3.63) is 39.4 Å². The van der Waals surface area contributed by atoms with Gasteiger partial charge < -0.3 is 5.73 Å². The van der Waals surface area contributed by atoms with E-state index < -0.39 is 17.1 Å². The van der Waals surface area contributed by atoms with Crippen molar-refractivity contribution in [1.82, 2.24) is 0 Å². The lowest BCUT2D eigenvalue weighted by atomic mass is 10.0. The molecule has 7 heteroatoms. The molecule has 0 aliphatic rings. The number of nitrogens with zero attached hydrogens (tertiary/aromatic N) is 1. The van der Waals surface area contributed by atoms with Gasteiger partial charge in [-0.15, -0.1) is 0 Å². The van der Waals surface area contributed by atoms with Gasteiger partial charge in [-0.1, -0.05) is 12.1 Å². The highest BCUT2D eigenvalue weighted by molar-refractivity contribution is 5.43. The third-order valence-corrected chi connectivity index (χ3v) is 2.14. The van der Waals surface area contributed by atoms with Crippen LogP contribution in [0.25, 0.3) is 0 Å². The maximum absolute atomic E-state index is 12.3. The van der Waals surface area contributed by atoms with Crippen LogP contribution in [0.2, 0.25) is 0 Å². The Hall–Kier alpha value is -1.63. The van der Waals surface area contributed by atoms with Crippen molar-refractivity contribution in [2.45, 2.75) is 19.1 Å². The standard InChI is InChI=1S/C9H9F3N2O2/c1-5-2-3-6(4-7(5)14(15)16)8(13)9(10,11)12/h2-4,8H,13H2,1H3/t8-/m0/s1. The van der Waals surface area contributed by atoms with Gasteiger partial charge in [0.25, 0.3) is 5.69 Å². The van der Waals surface area contributed by atoms with Crippen LogP contribution in [-0.4, -0.2) is 11.1 Å². The van der Waals surface area contributed by atoms with Crippen LogP contribution >= 0.6 is 0 Å². The Kier molecular flexibility index (Phi) is 3.18. The number of alkyl halides is 3. The van der Waals surface area contributed by atoms with Gasteiger partial charge in [0.15, 0.2) is 0 Å². The summed E-state index contributed by atoms with van der Waals surface area (Å²) < 4.78 is 36.8. The SMILES string of the molecule is Cc1ccc([C@H](N)C(F)(F)F)cc1[N+](=O)[O-]. The Morgan fingerprint density at radius 3 is 2.44 bits per heavy atom. The summed E-state index contributed by atoms with van der Waals surface area (Å²) in [5, 5.41) is 10.5. The van der Waals surface area contributed by atoms with Crippen molar-refractivity contribution in [1.29, 1.82) is 0 Å². The van der Waals surface area contributed by atoms with E-state index in [0.29, 0.717) is 5.56 Å². The molecule has 0 bridgehead atoms. The molecule has 0 amide bonds. The third-order valence-electron chi connectivity index (χ3n) is 2.14. The van der Waals surface area contributed by atoms with Gasteiger partial charge in [-0.2, -0.15) is 13.2 Å². The second kappa shape index (κ2) is 4.09. The topological polar surface area (TPSA) is 69.2 Å². The minimum Gasteiger partial charge on any atom is -0.316 e. The molecule has 1 aromatic carbocycles. The molecule has 16 heavy (non-hydrogen) atoms. The molecule has 0 unspecified atom stereocenters. The van der Waals surface area contributed by atoms with Gasteiger partial charge in [0.1, 0.15) is 6.04 Å². The molecule has 0 aliphatic carbocycles. The van der Waals surface area contributed by atoms with E-state index >= 15 is 0 Å². The fourth-order valence-electron chi connectivity index (χ4n) is 1.21. The first-order chi connectivity index (χ1) is 7.23. The van der Waals surface area contributed by atoms with Gasteiger partial charge in [0.2, 0.25) is 0 Å². The number of hydrogen-bond donors (Lipinski definition) is 1. The molecule has 0 spiro atoms. The number of nitro benzene ring substituents is 1. The normalized spacial score (nSPS) is 13.6. The molecule has 4 nitrogen and oxygen atoms in total. The van der Waals surface area contributed by atoms with Gasteiger partial charge in [-0.05, 0) is 12.5 Å². The summed E-state index contributed by atoms with van der Waals surface area (Å²) >= 11 is 0. The third kappa shape index (κ3) is 2.48. The highest BCUT2D eigenvalue weighted by Gasteiger charge is 2.38. The lowest BCUT2D eigenvalue weighted by Crippen LogP contribution is -2.28. The van der Waals surface area contributed by atoms with E-state index in [2.05, 4.69) is 0 Å². The van der Waals surface area contributed by atoms with Crippen molar-refractivity contribution in [3.63, 3.8) is 0 Å². The van der Waals surface area contributed by atoms with Crippen LogP contribution in [0.15, 0.2) is 18.2 Å². The number of aryl methyl sites for hydroxylation is 1. The minimum atomic E-state index is -4.61. The number of nitro groups is 1. The van der Waals surface area contributed by atoms with E-state index in [0.717, 1.165) is 12.1 Å². The van der Waals surface area contributed by atoms with E-state index in [9.17, 15) is 23.3 Å². The van der Waals surface area contributed by atoms with Crippen LogP contribution in [-0.2, 0) is 0 Å². The van der Waals surface area contributed by atoms with Gasteiger partial charge in [0, 0.05) is 11.6 Å². The van der Waals surface area contributed by atoms with Crippen LogP contribution in [0.4, 0.5) is 18.9 Å². The number of rotatable bonds is 2. The van der Waals surface area contributed by atoms with Crippen LogP contribution < -0.4 is 5.73 Å². The Labute approximate surface area is 89.0 Å². The van der Waals surface area contributed by atoms with E-state index in [1.165, 1.54) is 13.0 Å². The average Bonchev–Trinajstić information content (AvgIpc) is 2.15. The van der Waals surface area contributed by atoms with Crippen LogP contribution in [0.5, 0.6) is 0 Å². The van der Waals surface area contributed by atoms with Crippen molar-refractivity contribution >= 4 is 5.69 Å². The average molecular weight is 234 g/mol. The Morgan fingerprint density at radius 2 is 2.00 bits per heavy atom. The minimum absolute atomic E-state index is 0.295. The van der Waals surface area contributed by atoms with Gasteiger partial charge in [-0.3, -0.25) is 10.1 Å². The van der Waals surface area contributed by atoms with Crippen LogP contribution in [0.3, 0.4) is 0 Å². The van der Waals surface area contributed by atoms with Crippen LogP contribution in [0, 0.1) is 17.0 Å². The summed E-state index contributed by atoms with van der Waals surface area (Å²) in [6.45, 7) is 1.45. The summed E-state index contributed by atoms with van der Waals surface area (Å²) in [6, 6.07) is 1.04. The summed E-state index contributed by atoms with van der Waals surface area (Å²) in [5.41, 5.74) is 4.56. The predicted octanol–water partition coefficient (Wildman–Crippen LogP) is 2.47. The molecular formula is C9H9F3N2O2. The van der Waals surface area contributed by atoms with Crippen LogP contribution in [0.1, 0.15) is 17.2 Å². The molecule has 0 aliphatic heterocycles. The molecule has 2 N–H and O–H groups in total. The van der Waals surface area contributed by atoms with Crippen molar-refractivity contribution in [3.8, 4) is 0 Å². The number of halogens is 3. The number of benzene rings is 1. The molecule has 1 aromatic rings. The first kappa shape index (κ1) is 12.4. The molecule has 0 radical (unpaired) electrons. The Bertz CT molecular complexity index is 418. The zero-order chi connectivity index (χ0) is 12.5. The molecule has 0 heterocycles. The molecule has 0 saturated heterocycles. The van der Waals surface area contributed by atoms with Gasteiger partial charge >= 0.3 is 6.18 Å². The van der Waals surface area contributed by atoms with E-state index in [4.69, 9.17) is 5.73 Å². The first-order valence-electron chi connectivity index (χ1n) is 4.30. The zero-order valence-corrected chi connectivity index (χ0v) is 8.28. The van der Waals surface area contributed by atoms with Crippen molar-refractivity contribution in [2.24, 2.45) is 5.73 Å². The first-order valence-corrected chi connectivity index (χ1v) is 4.30. The molecule has 1 atom stereocenters. The summed E-state index contributed by atoms with van der Waals surface area (Å²) in [5.74, 6) is 0. The smallest absolute Gasteiger partial charge is 0.316 e. The monoisotopic (exact) mass is 234 g/mol. The number of nitrogens with two attached hydrogens (primary N) is 1. The fraction of sp³-hybridized carbons (Fsp3) is 0.333. The Morgan fingerprint density at radius 1 is 1.44 bits per heavy atom. The van der Waals surface area contributed by atoms with E-state index in [1.807, 2.05) is 0 Å². The van der Waals surface area contributed by atoms with E-state index in [1.54, 1.807) is 0 Å². The highest BCUT2D eigenvalue weighted by Crippen LogP contribution is 2.32. The lowest BCUT2D eigenvalue weighted by molar-refractivity contribution is -0.385. The highest BCUT2D eigenvalue weighted by atomic mass is 19.4. The zero-order valence-electron chi connectivity index (χ0n) is 8.28. The Balaban J connectivity index is 3.18. The summed E-state index contributed by atoms with van der Waals surface area (Å²) in [7, 11) is 0. The fourth-order valence-corrected chi connectivity index (χ4v) is 1.21. The second-order valence-electron chi connectivity index (χ2n) is 3.32. The molecule has 0 aromatic heterocycles. The van der Waals surface area contributed by atoms with Gasteiger partial charge in [0.05, 0.1) is 4.92 Å². The quantitative estimate of drug-likeness (QED) is 0.631. The molecular weight excluding hydrogens is 225 g/mol. The molecule has 0 fully saturated rings. The molecule has 88 valence electrons. The second-order valence-corrected chi connectivity index (χ2v) is 3.32. The molecule has 1 rings (SSSR count). The van der Waals surface area contributed by atoms with E-state index in [-0.39, 0.29) is 11.3 Å². The van der Waals surface area contributed by atoms with Crippen molar-refractivity contribution in [2.75, 3.05) is 0 Å². The summed E-state index contributed by atoms with van der Waals surface area (Å²) in [4.78, 5) is 9.80.